The molecule has 0 saturated carbocycles. The quantitative estimate of drug-likeness (QED) is 0.240. The maximum atomic E-state index is 14.0. The van der Waals surface area contributed by atoms with E-state index in [0.29, 0.717) is 18.2 Å². The first-order valence-corrected chi connectivity index (χ1v) is 10.6. The summed E-state index contributed by atoms with van der Waals surface area (Å²) < 4.78 is 99.5. The van der Waals surface area contributed by atoms with Crippen LogP contribution in [0.1, 0.15) is 16.7 Å². The Bertz CT molecular complexity index is 1200. The van der Waals surface area contributed by atoms with Gasteiger partial charge in [-0.1, -0.05) is 41.4 Å². The van der Waals surface area contributed by atoms with E-state index in [-0.39, 0.29) is 27.1 Å². The van der Waals surface area contributed by atoms with Crippen LogP contribution in [-0.4, -0.2) is 17.0 Å². The Balaban J connectivity index is 1.83. The van der Waals surface area contributed by atoms with Crippen LogP contribution < -0.4 is 10.1 Å². The summed E-state index contributed by atoms with van der Waals surface area (Å²) in [6.07, 6.45) is -11.1. The fourth-order valence-corrected chi connectivity index (χ4v) is 3.43. The summed E-state index contributed by atoms with van der Waals surface area (Å²) >= 11 is 12.0. The number of ether oxygens (including phenoxy) is 1. The van der Waals surface area contributed by atoms with E-state index >= 15 is 0 Å². The zero-order valence-corrected chi connectivity index (χ0v) is 19.0. The van der Waals surface area contributed by atoms with Crippen molar-refractivity contribution in [2.75, 3.05) is 0 Å². The number of hydrogen-bond acceptors (Lipinski definition) is 3. The van der Waals surface area contributed by atoms with Crippen molar-refractivity contribution in [2.24, 2.45) is 0 Å². The first-order valence-electron chi connectivity index (χ1n) is 9.80. The lowest BCUT2D eigenvalue weighted by Crippen LogP contribution is -2.58. The Hall–Kier alpha value is -2.53. The first-order chi connectivity index (χ1) is 16.2. The molecule has 35 heavy (non-hydrogen) atoms. The highest BCUT2D eigenvalue weighted by atomic mass is 35.5. The van der Waals surface area contributed by atoms with Gasteiger partial charge in [0.05, 0.1) is 10.6 Å². The van der Waals surface area contributed by atoms with Gasteiger partial charge in [-0.3, -0.25) is 5.32 Å². The molecular formula is C23H16Cl2F7NO2. The average Bonchev–Trinajstić information content (AvgIpc) is 2.75. The minimum atomic E-state index is -5.27. The molecule has 0 spiro atoms. The molecule has 12 heteroatoms. The SMILES string of the molecule is OC(Cc1cccc(Oc2cccc(Cl)c2Cl)c1)(NCc1cc(C(F)(F)F)ccc1F)C(F)(F)F. The van der Waals surface area contributed by atoms with Gasteiger partial charge in [-0.05, 0) is 48.0 Å². The van der Waals surface area contributed by atoms with Gasteiger partial charge in [0.2, 0.25) is 5.72 Å². The molecule has 3 aromatic carbocycles. The molecule has 0 saturated heterocycles. The molecule has 0 amide bonds. The Morgan fingerprint density at radius 2 is 1.57 bits per heavy atom. The largest absolute Gasteiger partial charge is 0.456 e. The van der Waals surface area contributed by atoms with Gasteiger partial charge in [0, 0.05) is 18.5 Å². The maximum Gasteiger partial charge on any atom is 0.431 e. The van der Waals surface area contributed by atoms with E-state index in [1.165, 1.54) is 36.4 Å². The van der Waals surface area contributed by atoms with Gasteiger partial charge in [0.1, 0.15) is 22.3 Å². The van der Waals surface area contributed by atoms with Crippen molar-refractivity contribution in [3.8, 4) is 11.5 Å². The zero-order chi connectivity index (χ0) is 26.0. The van der Waals surface area contributed by atoms with Crippen molar-refractivity contribution in [1.82, 2.24) is 5.32 Å². The van der Waals surface area contributed by atoms with Crippen LogP contribution in [0.15, 0.2) is 60.7 Å². The summed E-state index contributed by atoms with van der Waals surface area (Å²) in [6.45, 7) is -1.03. The molecule has 0 radical (unpaired) electrons. The fraction of sp³-hybridized carbons (Fsp3) is 0.217. The number of halogens is 9. The third kappa shape index (κ3) is 6.58. The van der Waals surface area contributed by atoms with Crippen LogP contribution in [0, 0.1) is 5.82 Å². The topological polar surface area (TPSA) is 41.5 Å². The maximum absolute atomic E-state index is 14.0. The standard InChI is InChI=1S/C23H16Cl2F7NO2/c24-17-5-2-6-19(20(17)25)35-16-4-1-3-13(9-16)11-21(34,23(30,31)32)33-12-14-10-15(22(27,28)29)7-8-18(14)26/h1-10,33-34H,11-12H2. The van der Waals surface area contributed by atoms with Crippen molar-refractivity contribution < 1.29 is 40.6 Å². The fourth-order valence-electron chi connectivity index (χ4n) is 3.10. The number of rotatable bonds is 7. The summed E-state index contributed by atoms with van der Waals surface area (Å²) in [5.74, 6) is -0.940. The summed E-state index contributed by atoms with van der Waals surface area (Å²) in [5.41, 5.74) is -5.58. The summed E-state index contributed by atoms with van der Waals surface area (Å²) in [7, 11) is 0. The molecule has 1 unspecified atom stereocenters. The van der Waals surface area contributed by atoms with E-state index in [9.17, 15) is 35.8 Å². The van der Waals surface area contributed by atoms with Gasteiger partial charge >= 0.3 is 12.4 Å². The predicted octanol–water partition coefficient (Wildman–Crippen LogP) is 7.53. The number of alkyl halides is 6. The second-order valence-corrected chi connectivity index (χ2v) is 8.28. The molecule has 2 N–H and O–H groups in total. The molecule has 0 aliphatic rings. The van der Waals surface area contributed by atoms with E-state index in [2.05, 4.69) is 0 Å². The normalized spacial score (nSPS) is 14.0. The van der Waals surface area contributed by atoms with Crippen molar-refractivity contribution in [2.45, 2.75) is 31.0 Å². The van der Waals surface area contributed by atoms with E-state index in [1.54, 1.807) is 11.4 Å². The third-order valence-electron chi connectivity index (χ3n) is 4.92. The number of benzene rings is 3. The monoisotopic (exact) mass is 541 g/mol. The number of hydrogen-bond donors (Lipinski definition) is 2. The lowest BCUT2D eigenvalue weighted by atomic mass is 10.0. The van der Waals surface area contributed by atoms with E-state index in [0.717, 1.165) is 0 Å². The van der Waals surface area contributed by atoms with Crippen LogP contribution in [-0.2, 0) is 19.1 Å². The lowest BCUT2D eigenvalue weighted by molar-refractivity contribution is -0.273. The molecule has 0 fully saturated rings. The molecule has 0 aliphatic heterocycles. The van der Waals surface area contributed by atoms with Gasteiger partial charge in [-0.15, -0.1) is 0 Å². The second kappa shape index (κ2) is 10.2. The van der Waals surface area contributed by atoms with Crippen LogP contribution in [0.2, 0.25) is 10.0 Å². The van der Waals surface area contributed by atoms with E-state index < -0.39 is 48.0 Å². The van der Waals surface area contributed by atoms with E-state index in [4.69, 9.17) is 27.9 Å². The Kier molecular flexibility index (Phi) is 7.90. The van der Waals surface area contributed by atoms with Gasteiger partial charge in [-0.2, -0.15) is 26.3 Å². The molecule has 0 aromatic heterocycles. The van der Waals surface area contributed by atoms with Crippen LogP contribution in [0.3, 0.4) is 0 Å². The molecule has 3 aromatic rings. The molecular weight excluding hydrogens is 526 g/mol. The molecule has 188 valence electrons. The van der Waals surface area contributed by atoms with Crippen LogP contribution in [0.5, 0.6) is 11.5 Å². The van der Waals surface area contributed by atoms with Gasteiger partial charge in [-0.25, -0.2) is 4.39 Å². The summed E-state index contributed by atoms with van der Waals surface area (Å²) in [5, 5.41) is 12.4. The number of aliphatic hydroxyl groups is 1. The van der Waals surface area contributed by atoms with Crippen LogP contribution in [0.4, 0.5) is 30.7 Å². The molecule has 0 aliphatic carbocycles. The van der Waals surface area contributed by atoms with Crippen LogP contribution >= 0.6 is 23.2 Å². The summed E-state index contributed by atoms with van der Waals surface area (Å²) in [6, 6.07) is 11.2. The number of nitrogens with one attached hydrogen (secondary N) is 1. The smallest absolute Gasteiger partial charge is 0.431 e. The van der Waals surface area contributed by atoms with Crippen molar-refractivity contribution in [3.63, 3.8) is 0 Å². The zero-order valence-electron chi connectivity index (χ0n) is 17.4. The Labute approximate surface area is 205 Å². The molecule has 3 nitrogen and oxygen atoms in total. The van der Waals surface area contributed by atoms with Gasteiger partial charge < -0.3 is 9.84 Å². The van der Waals surface area contributed by atoms with Crippen molar-refractivity contribution in [3.05, 3.63) is 93.2 Å². The third-order valence-corrected chi connectivity index (χ3v) is 5.72. The second-order valence-electron chi connectivity index (χ2n) is 7.49. The molecule has 0 heterocycles. The predicted molar refractivity (Wildman–Crippen MR) is 116 cm³/mol. The average molecular weight is 542 g/mol. The highest BCUT2D eigenvalue weighted by Gasteiger charge is 2.53. The minimum absolute atomic E-state index is 0.0440. The lowest BCUT2D eigenvalue weighted by Gasteiger charge is -2.32. The van der Waals surface area contributed by atoms with Crippen molar-refractivity contribution in [1.29, 1.82) is 0 Å². The van der Waals surface area contributed by atoms with E-state index in [1.807, 2.05) is 0 Å². The van der Waals surface area contributed by atoms with Crippen molar-refractivity contribution >= 4 is 23.2 Å². The molecule has 0 bridgehead atoms. The van der Waals surface area contributed by atoms with Gasteiger partial charge in [0.25, 0.3) is 0 Å². The highest BCUT2D eigenvalue weighted by molar-refractivity contribution is 6.42. The Morgan fingerprint density at radius 3 is 2.23 bits per heavy atom. The van der Waals surface area contributed by atoms with Gasteiger partial charge in [0.15, 0.2) is 0 Å². The minimum Gasteiger partial charge on any atom is -0.456 e. The highest BCUT2D eigenvalue weighted by Crippen LogP contribution is 2.36. The summed E-state index contributed by atoms with van der Waals surface area (Å²) in [4.78, 5) is 0. The Morgan fingerprint density at radius 1 is 0.886 bits per heavy atom. The van der Waals surface area contributed by atoms with Crippen LogP contribution in [0.25, 0.3) is 0 Å². The molecule has 3 rings (SSSR count). The first kappa shape index (κ1) is 27.1. The molecule has 1 atom stereocenters.